The SMILES string of the molecule is CN(C)S(=O)(=O)N1C[C@H]2CC[C@@H](C1)N(C(=O)Nc1ccc(F)cc1)C2. The monoisotopic (exact) mass is 370 g/mol. The maximum atomic E-state index is 13.0. The lowest BCUT2D eigenvalue weighted by molar-refractivity contribution is 0.153. The number of amides is 2. The average Bonchev–Trinajstić information content (AvgIpc) is 2.89. The summed E-state index contributed by atoms with van der Waals surface area (Å²) in [5.74, 6) is -0.246. The van der Waals surface area contributed by atoms with Gasteiger partial charge in [0.1, 0.15) is 5.82 Å². The highest BCUT2D eigenvalue weighted by Gasteiger charge is 2.41. The van der Waals surface area contributed by atoms with Gasteiger partial charge >= 0.3 is 6.03 Å². The predicted octanol–water partition coefficient (Wildman–Crippen LogP) is 1.56. The number of halogens is 1. The highest BCUT2D eigenvalue weighted by Crippen LogP contribution is 2.30. The molecule has 3 aliphatic rings. The molecular weight excluding hydrogens is 347 g/mol. The summed E-state index contributed by atoms with van der Waals surface area (Å²) in [6.45, 7) is 1.25. The predicted molar refractivity (Wildman–Crippen MR) is 92.8 cm³/mol. The summed E-state index contributed by atoms with van der Waals surface area (Å²) in [7, 11) is -0.465. The fourth-order valence-electron chi connectivity index (χ4n) is 3.44. The van der Waals surface area contributed by atoms with Crippen LogP contribution in [-0.4, -0.2) is 67.7 Å². The second kappa shape index (κ2) is 6.89. The highest BCUT2D eigenvalue weighted by molar-refractivity contribution is 7.86. The van der Waals surface area contributed by atoms with Gasteiger partial charge in [0.2, 0.25) is 0 Å². The van der Waals surface area contributed by atoms with Crippen molar-refractivity contribution in [1.29, 1.82) is 0 Å². The van der Waals surface area contributed by atoms with Crippen molar-refractivity contribution in [3.05, 3.63) is 30.1 Å². The second-order valence-corrected chi connectivity index (χ2v) is 8.94. The van der Waals surface area contributed by atoms with Gasteiger partial charge in [-0.3, -0.25) is 0 Å². The minimum atomic E-state index is -3.50. The molecule has 0 saturated carbocycles. The Morgan fingerprint density at radius 2 is 1.84 bits per heavy atom. The Labute approximate surface area is 147 Å². The van der Waals surface area contributed by atoms with Gasteiger partial charge in [0.15, 0.2) is 0 Å². The van der Waals surface area contributed by atoms with Crippen LogP contribution in [0.5, 0.6) is 0 Å². The number of piperidine rings is 1. The second-order valence-electron chi connectivity index (χ2n) is 6.79. The van der Waals surface area contributed by atoms with Crippen LogP contribution in [0.3, 0.4) is 0 Å². The van der Waals surface area contributed by atoms with Gasteiger partial charge in [0, 0.05) is 45.5 Å². The maximum absolute atomic E-state index is 13.0. The molecule has 0 spiro atoms. The lowest BCUT2D eigenvalue weighted by Crippen LogP contribution is -2.50. The lowest BCUT2D eigenvalue weighted by Gasteiger charge is -2.36. The molecule has 3 heterocycles. The minimum Gasteiger partial charge on any atom is -0.320 e. The van der Waals surface area contributed by atoms with Gasteiger partial charge in [-0.25, -0.2) is 9.18 Å². The zero-order valence-corrected chi connectivity index (χ0v) is 15.2. The zero-order chi connectivity index (χ0) is 18.2. The normalized spacial score (nSPS) is 24.4. The van der Waals surface area contributed by atoms with E-state index >= 15 is 0 Å². The first-order valence-corrected chi connectivity index (χ1v) is 9.68. The van der Waals surface area contributed by atoms with Crippen molar-refractivity contribution < 1.29 is 17.6 Å². The molecule has 9 heteroatoms. The molecular formula is C16H23FN4O3S. The van der Waals surface area contributed by atoms with E-state index in [4.69, 9.17) is 0 Å². The van der Waals surface area contributed by atoms with Crippen LogP contribution >= 0.6 is 0 Å². The van der Waals surface area contributed by atoms with Crippen LogP contribution in [0, 0.1) is 11.7 Å². The third kappa shape index (κ3) is 3.78. The van der Waals surface area contributed by atoms with E-state index < -0.39 is 10.2 Å². The molecule has 0 aliphatic carbocycles. The van der Waals surface area contributed by atoms with E-state index in [0.717, 1.165) is 12.8 Å². The van der Waals surface area contributed by atoms with E-state index in [9.17, 15) is 17.6 Å². The molecule has 7 nitrogen and oxygen atoms in total. The Hall–Kier alpha value is -1.71. The van der Waals surface area contributed by atoms with Crippen molar-refractivity contribution in [3.8, 4) is 0 Å². The molecule has 1 aromatic rings. The number of fused-ring (bicyclic) bond motifs is 4. The van der Waals surface area contributed by atoms with Crippen LogP contribution < -0.4 is 5.32 Å². The summed E-state index contributed by atoms with van der Waals surface area (Å²) in [5.41, 5.74) is 0.518. The average molecular weight is 370 g/mol. The Morgan fingerprint density at radius 3 is 2.48 bits per heavy atom. The van der Waals surface area contributed by atoms with Gasteiger partial charge in [-0.05, 0) is 43.0 Å². The standard InChI is InChI=1S/C16H23FN4O3S/c1-19(2)25(23,24)20-9-12-3-8-15(11-20)21(10-12)16(22)18-14-6-4-13(17)5-7-14/h4-7,12,15H,3,8-11H2,1-2H3,(H,18,22)/t12-,15+/m1/s1. The third-order valence-electron chi connectivity index (χ3n) is 4.82. The van der Waals surface area contributed by atoms with Gasteiger partial charge in [-0.2, -0.15) is 17.0 Å². The van der Waals surface area contributed by atoms with E-state index in [2.05, 4.69) is 5.32 Å². The van der Waals surface area contributed by atoms with E-state index in [1.807, 2.05) is 0 Å². The number of hydrogen-bond donors (Lipinski definition) is 1. The van der Waals surface area contributed by atoms with Gasteiger partial charge < -0.3 is 10.2 Å². The molecule has 25 heavy (non-hydrogen) atoms. The Morgan fingerprint density at radius 1 is 1.16 bits per heavy atom. The number of carbonyl (C=O) groups is 1. The molecule has 0 unspecified atom stereocenters. The molecule has 0 aromatic heterocycles. The fraction of sp³-hybridized carbons (Fsp3) is 0.562. The largest absolute Gasteiger partial charge is 0.322 e. The quantitative estimate of drug-likeness (QED) is 0.878. The number of anilines is 1. The summed E-state index contributed by atoms with van der Waals surface area (Å²) in [4.78, 5) is 14.3. The number of nitrogens with zero attached hydrogens (tertiary/aromatic N) is 3. The zero-order valence-electron chi connectivity index (χ0n) is 14.4. The van der Waals surface area contributed by atoms with Gasteiger partial charge in [-0.15, -0.1) is 0 Å². The van der Waals surface area contributed by atoms with Crippen LogP contribution in [0.4, 0.5) is 14.9 Å². The van der Waals surface area contributed by atoms with E-state index in [1.165, 1.54) is 47.0 Å². The highest BCUT2D eigenvalue weighted by atomic mass is 32.2. The van der Waals surface area contributed by atoms with E-state index in [-0.39, 0.29) is 23.8 Å². The summed E-state index contributed by atoms with van der Waals surface area (Å²) < 4.78 is 40.6. The van der Waals surface area contributed by atoms with Crippen LogP contribution in [0.25, 0.3) is 0 Å². The summed E-state index contributed by atoms with van der Waals surface area (Å²) in [6, 6.07) is 5.16. The van der Waals surface area contributed by atoms with Crippen molar-refractivity contribution in [2.45, 2.75) is 18.9 Å². The molecule has 0 radical (unpaired) electrons. The number of rotatable bonds is 3. The summed E-state index contributed by atoms with van der Waals surface area (Å²) in [5, 5.41) is 2.77. The van der Waals surface area contributed by atoms with Crippen molar-refractivity contribution in [3.63, 3.8) is 0 Å². The number of carbonyl (C=O) groups excluding carboxylic acids is 1. The number of urea groups is 1. The molecule has 2 bridgehead atoms. The minimum absolute atomic E-state index is 0.118. The maximum Gasteiger partial charge on any atom is 0.322 e. The molecule has 3 saturated heterocycles. The smallest absolute Gasteiger partial charge is 0.320 e. The van der Waals surface area contributed by atoms with Crippen LogP contribution in [0.15, 0.2) is 24.3 Å². The van der Waals surface area contributed by atoms with Gasteiger partial charge in [0.25, 0.3) is 10.2 Å². The molecule has 1 aromatic carbocycles. The third-order valence-corrected chi connectivity index (χ3v) is 6.70. The molecule has 2 amide bonds. The van der Waals surface area contributed by atoms with Gasteiger partial charge in [0.05, 0.1) is 0 Å². The first-order chi connectivity index (χ1) is 11.8. The molecule has 4 rings (SSSR count). The molecule has 138 valence electrons. The Balaban J connectivity index is 1.74. The number of nitrogens with one attached hydrogen (secondary N) is 1. The molecule has 3 aliphatic heterocycles. The van der Waals surface area contributed by atoms with Crippen molar-refractivity contribution in [2.24, 2.45) is 5.92 Å². The van der Waals surface area contributed by atoms with Crippen LogP contribution in [0.2, 0.25) is 0 Å². The van der Waals surface area contributed by atoms with Crippen molar-refractivity contribution in [2.75, 3.05) is 39.0 Å². The molecule has 1 N–H and O–H groups in total. The van der Waals surface area contributed by atoms with Gasteiger partial charge in [-0.1, -0.05) is 0 Å². The number of hydrogen-bond acceptors (Lipinski definition) is 3. The Kier molecular flexibility index (Phi) is 4.99. The number of benzene rings is 1. The van der Waals surface area contributed by atoms with Crippen LogP contribution in [0.1, 0.15) is 12.8 Å². The van der Waals surface area contributed by atoms with Crippen molar-refractivity contribution in [1.82, 2.24) is 13.5 Å². The molecule has 3 fully saturated rings. The summed E-state index contributed by atoms with van der Waals surface area (Å²) >= 11 is 0. The first-order valence-electron chi connectivity index (χ1n) is 8.28. The molecule has 2 atom stereocenters. The van der Waals surface area contributed by atoms with E-state index in [1.54, 1.807) is 4.90 Å². The van der Waals surface area contributed by atoms with Crippen LogP contribution in [-0.2, 0) is 10.2 Å². The van der Waals surface area contributed by atoms with E-state index in [0.29, 0.717) is 25.3 Å². The lowest BCUT2D eigenvalue weighted by atomic mass is 9.95. The topological polar surface area (TPSA) is 73.0 Å². The van der Waals surface area contributed by atoms with Crippen molar-refractivity contribution >= 4 is 21.9 Å². The fourth-order valence-corrected chi connectivity index (χ4v) is 4.66. The first kappa shape index (κ1) is 18.1. The Bertz CT molecular complexity index is 738. The summed E-state index contributed by atoms with van der Waals surface area (Å²) in [6.07, 6.45) is 1.69.